The molecule has 2 aliphatic rings. The maximum absolute atomic E-state index is 11.7. The van der Waals surface area contributed by atoms with Gasteiger partial charge in [0.1, 0.15) is 12.4 Å². The summed E-state index contributed by atoms with van der Waals surface area (Å²) in [5.74, 6) is 2.89. The molecule has 2 heterocycles. The number of halogens is 1. The second-order valence-corrected chi connectivity index (χ2v) is 7.63. The van der Waals surface area contributed by atoms with Gasteiger partial charge < -0.3 is 20.1 Å². The van der Waals surface area contributed by atoms with Crippen LogP contribution in [0.3, 0.4) is 0 Å². The number of hydrogen-bond acceptors (Lipinski definition) is 4. The zero-order valence-electron chi connectivity index (χ0n) is 17.1. The average Bonchev–Trinajstić information content (AvgIpc) is 3.23. The Balaban J connectivity index is 0.00000280. The normalized spacial score (nSPS) is 18.3. The molecule has 0 aromatic carbocycles. The Kier molecular flexibility index (Phi) is 9.46. The van der Waals surface area contributed by atoms with Gasteiger partial charge in [-0.05, 0) is 32.6 Å². The SMILES string of the molecule is Cc1nnc(CN=C(NCCCN2CCCC2=O)NC2CCCCC2)n1C.I. The quantitative estimate of drug-likeness (QED) is 0.258. The van der Waals surface area contributed by atoms with Crippen LogP contribution in [0.15, 0.2) is 4.99 Å². The lowest BCUT2D eigenvalue weighted by molar-refractivity contribution is -0.127. The molecule has 2 fully saturated rings. The molecule has 0 atom stereocenters. The van der Waals surface area contributed by atoms with Crippen LogP contribution >= 0.6 is 24.0 Å². The summed E-state index contributed by atoms with van der Waals surface area (Å²) >= 11 is 0. The molecule has 1 aromatic rings. The highest BCUT2D eigenvalue weighted by atomic mass is 127. The molecule has 158 valence electrons. The molecule has 28 heavy (non-hydrogen) atoms. The number of carbonyl (C=O) groups is 1. The maximum Gasteiger partial charge on any atom is 0.222 e. The van der Waals surface area contributed by atoms with Crippen molar-refractivity contribution in [2.75, 3.05) is 19.6 Å². The molecule has 1 saturated carbocycles. The molecule has 1 saturated heterocycles. The first-order valence-electron chi connectivity index (χ1n) is 10.3. The summed E-state index contributed by atoms with van der Waals surface area (Å²) in [4.78, 5) is 18.4. The number of amides is 1. The molecule has 2 N–H and O–H groups in total. The van der Waals surface area contributed by atoms with Crippen molar-refractivity contribution in [3.8, 4) is 0 Å². The number of hydrogen-bond donors (Lipinski definition) is 2. The molecule has 1 aromatic heterocycles. The van der Waals surface area contributed by atoms with Gasteiger partial charge in [-0.3, -0.25) is 4.79 Å². The fourth-order valence-corrected chi connectivity index (χ4v) is 3.75. The van der Waals surface area contributed by atoms with Crippen LogP contribution in [0.4, 0.5) is 0 Å². The maximum atomic E-state index is 11.7. The van der Waals surface area contributed by atoms with E-state index in [0.717, 1.165) is 50.1 Å². The Bertz CT molecular complexity index is 655. The van der Waals surface area contributed by atoms with E-state index in [9.17, 15) is 4.79 Å². The van der Waals surface area contributed by atoms with Crippen LogP contribution in [0.2, 0.25) is 0 Å². The molecule has 3 rings (SSSR count). The van der Waals surface area contributed by atoms with Gasteiger partial charge in [-0.2, -0.15) is 0 Å². The van der Waals surface area contributed by atoms with E-state index in [0.29, 0.717) is 24.9 Å². The average molecular weight is 503 g/mol. The Hall–Kier alpha value is -1.39. The van der Waals surface area contributed by atoms with E-state index in [1.807, 2.05) is 23.4 Å². The van der Waals surface area contributed by atoms with Gasteiger partial charge in [-0.1, -0.05) is 19.3 Å². The summed E-state index contributed by atoms with van der Waals surface area (Å²) in [6.07, 6.45) is 8.94. The van der Waals surface area contributed by atoms with E-state index >= 15 is 0 Å². The second kappa shape index (κ2) is 11.6. The first kappa shape index (κ1) is 22.9. The minimum atomic E-state index is 0. The predicted octanol–water partition coefficient (Wildman–Crippen LogP) is 2.12. The Morgan fingerprint density at radius 2 is 2.00 bits per heavy atom. The van der Waals surface area contributed by atoms with Gasteiger partial charge in [0.15, 0.2) is 11.8 Å². The monoisotopic (exact) mass is 503 g/mol. The van der Waals surface area contributed by atoms with Crippen molar-refractivity contribution in [3.63, 3.8) is 0 Å². The minimum Gasteiger partial charge on any atom is -0.356 e. The standard InChI is InChI=1S/C19H33N7O.HI/c1-15-23-24-17(25(15)2)14-21-19(22-16-8-4-3-5-9-16)20-11-7-13-26-12-6-10-18(26)27;/h16H,3-14H2,1-2H3,(H2,20,21,22);1H. The lowest BCUT2D eigenvalue weighted by Crippen LogP contribution is -2.45. The Labute approximate surface area is 185 Å². The number of carbonyl (C=O) groups excluding carboxylic acids is 1. The topological polar surface area (TPSA) is 87.4 Å². The highest BCUT2D eigenvalue weighted by Gasteiger charge is 2.19. The van der Waals surface area contributed by atoms with Gasteiger partial charge in [0.2, 0.25) is 5.91 Å². The molecular weight excluding hydrogens is 469 g/mol. The number of guanidine groups is 1. The number of likely N-dealkylation sites (tertiary alicyclic amines) is 1. The van der Waals surface area contributed by atoms with Crippen LogP contribution in [-0.4, -0.2) is 57.2 Å². The van der Waals surface area contributed by atoms with Crippen molar-refractivity contribution >= 4 is 35.8 Å². The number of nitrogens with one attached hydrogen (secondary N) is 2. The predicted molar refractivity (Wildman–Crippen MR) is 121 cm³/mol. The van der Waals surface area contributed by atoms with Crippen molar-refractivity contribution in [1.29, 1.82) is 0 Å². The number of aromatic nitrogens is 3. The van der Waals surface area contributed by atoms with Crippen LogP contribution in [0.25, 0.3) is 0 Å². The van der Waals surface area contributed by atoms with E-state index < -0.39 is 0 Å². The summed E-state index contributed by atoms with van der Waals surface area (Å²) in [5.41, 5.74) is 0. The molecular formula is C19H34IN7O. The van der Waals surface area contributed by atoms with Crippen LogP contribution in [0.1, 0.15) is 63.0 Å². The molecule has 1 aliphatic heterocycles. The number of nitrogens with zero attached hydrogens (tertiary/aromatic N) is 5. The molecule has 0 unspecified atom stereocenters. The van der Waals surface area contributed by atoms with Crippen molar-refractivity contribution in [1.82, 2.24) is 30.3 Å². The van der Waals surface area contributed by atoms with Crippen molar-refractivity contribution < 1.29 is 4.79 Å². The molecule has 0 bridgehead atoms. The first-order chi connectivity index (χ1) is 13.1. The van der Waals surface area contributed by atoms with Crippen molar-refractivity contribution in [3.05, 3.63) is 11.6 Å². The third kappa shape index (κ3) is 6.59. The molecule has 0 spiro atoms. The van der Waals surface area contributed by atoms with Gasteiger partial charge in [-0.25, -0.2) is 4.99 Å². The molecule has 1 aliphatic carbocycles. The molecule has 1 amide bonds. The number of aryl methyl sites for hydroxylation is 1. The second-order valence-electron chi connectivity index (χ2n) is 7.63. The summed E-state index contributed by atoms with van der Waals surface area (Å²) in [6.45, 7) is 4.99. The Morgan fingerprint density at radius 3 is 2.64 bits per heavy atom. The fraction of sp³-hybridized carbons (Fsp3) is 0.789. The van der Waals surface area contributed by atoms with Crippen LogP contribution in [-0.2, 0) is 18.4 Å². The first-order valence-corrected chi connectivity index (χ1v) is 10.3. The number of aliphatic imine (C=N–C) groups is 1. The largest absolute Gasteiger partial charge is 0.356 e. The molecule has 0 radical (unpaired) electrons. The van der Waals surface area contributed by atoms with Gasteiger partial charge in [0, 0.05) is 39.1 Å². The highest BCUT2D eigenvalue weighted by molar-refractivity contribution is 14.0. The van der Waals surface area contributed by atoms with E-state index in [1.54, 1.807) is 0 Å². The molecule has 8 nitrogen and oxygen atoms in total. The fourth-order valence-electron chi connectivity index (χ4n) is 3.75. The summed E-state index contributed by atoms with van der Waals surface area (Å²) < 4.78 is 1.97. The van der Waals surface area contributed by atoms with E-state index in [-0.39, 0.29) is 24.0 Å². The van der Waals surface area contributed by atoms with E-state index in [1.165, 1.54) is 32.1 Å². The summed E-state index contributed by atoms with van der Waals surface area (Å²) in [7, 11) is 1.97. The Morgan fingerprint density at radius 1 is 1.21 bits per heavy atom. The summed E-state index contributed by atoms with van der Waals surface area (Å²) in [5, 5.41) is 15.3. The zero-order valence-corrected chi connectivity index (χ0v) is 19.4. The highest BCUT2D eigenvalue weighted by Crippen LogP contribution is 2.17. The lowest BCUT2D eigenvalue weighted by atomic mass is 9.96. The molecule has 9 heteroatoms. The lowest BCUT2D eigenvalue weighted by Gasteiger charge is -2.25. The van der Waals surface area contributed by atoms with Gasteiger partial charge in [0.25, 0.3) is 0 Å². The van der Waals surface area contributed by atoms with Crippen LogP contribution in [0, 0.1) is 6.92 Å². The van der Waals surface area contributed by atoms with E-state index in [2.05, 4.69) is 20.8 Å². The van der Waals surface area contributed by atoms with Crippen molar-refractivity contribution in [2.45, 2.75) is 70.9 Å². The third-order valence-corrected chi connectivity index (χ3v) is 5.58. The van der Waals surface area contributed by atoms with Gasteiger partial charge >= 0.3 is 0 Å². The summed E-state index contributed by atoms with van der Waals surface area (Å²) in [6, 6.07) is 0.492. The van der Waals surface area contributed by atoms with Gasteiger partial charge in [-0.15, -0.1) is 34.2 Å². The minimum absolute atomic E-state index is 0. The zero-order chi connectivity index (χ0) is 19.1. The van der Waals surface area contributed by atoms with E-state index in [4.69, 9.17) is 4.99 Å². The number of rotatable bonds is 7. The smallest absolute Gasteiger partial charge is 0.222 e. The van der Waals surface area contributed by atoms with Crippen LogP contribution < -0.4 is 10.6 Å². The van der Waals surface area contributed by atoms with Gasteiger partial charge in [0.05, 0.1) is 0 Å². The van der Waals surface area contributed by atoms with Crippen molar-refractivity contribution in [2.24, 2.45) is 12.0 Å². The third-order valence-electron chi connectivity index (χ3n) is 5.58. The van der Waals surface area contributed by atoms with Crippen LogP contribution in [0.5, 0.6) is 0 Å².